The Bertz CT molecular complexity index is 1140. The van der Waals surface area contributed by atoms with Crippen LogP contribution in [0.25, 0.3) is 5.69 Å². The fourth-order valence-electron chi connectivity index (χ4n) is 4.75. The van der Waals surface area contributed by atoms with Gasteiger partial charge >= 0.3 is 0 Å². The summed E-state index contributed by atoms with van der Waals surface area (Å²) in [6.45, 7) is 4.96. The van der Waals surface area contributed by atoms with Gasteiger partial charge in [0.25, 0.3) is 0 Å². The van der Waals surface area contributed by atoms with Gasteiger partial charge in [0.05, 0.1) is 21.8 Å². The summed E-state index contributed by atoms with van der Waals surface area (Å²) < 4.78 is 2.15. The largest absolute Gasteiger partial charge is 0.318 e. The van der Waals surface area contributed by atoms with E-state index in [1.807, 2.05) is 18.2 Å². The Morgan fingerprint density at radius 2 is 1.30 bits per heavy atom. The van der Waals surface area contributed by atoms with Crippen molar-refractivity contribution in [3.8, 4) is 5.69 Å². The molecular weight excluding hydrogens is 449 g/mol. The smallest absolute Gasteiger partial charge is 0.0832 e. The monoisotopic (exact) mass is 475 g/mol. The van der Waals surface area contributed by atoms with Gasteiger partial charge in [-0.15, -0.1) is 0 Å². The number of piperazine rings is 1. The molecule has 33 heavy (non-hydrogen) atoms. The molecule has 5 rings (SSSR count). The highest BCUT2D eigenvalue weighted by Crippen LogP contribution is 2.31. The molecule has 0 radical (unpaired) electrons. The van der Waals surface area contributed by atoms with Crippen molar-refractivity contribution >= 4 is 23.2 Å². The van der Waals surface area contributed by atoms with E-state index < -0.39 is 0 Å². The molecule has 1 aliphatic rings. The second kappa shape index (κ2) is 10.1. The van der Waals surface area contributed by atoms with Crippen molar-refractivity contribution in [1.29, 1.82) is 0 Å². The fourth-order valence-corrected chi connectivity index (χ4v) is 5.14. The van der Waals surface area contributed by atoms with Gasteiger partial charge in [0, 0.05) is 44.6 Å². The van der Waals surface area contributed by atoms with Gasteiger partial charge in [-0.2, -0.15) is 0 Å². The Kier molecular flexibility index (Phi) is 6.84. The Morgan fingerprint density at radius 1 is 0.667 bits per heavy atom. The van der Waals surface area contributed by atoms with Crippen LogP contribution in [-0.2, 0) is 6.54 Å². The van der Waals surface area contributed by atoms with Gasteiger partial charge in [-0.25, -0.2) is 0 Å². The lowest BCUT2D eigenvalue weighted by molar-refractivity contribution is 0.103. The molecule has 0 N–H and O–H groups in total. The molecule has 0 atom stereocenters. The minimum atomic E-state index is 0.281. The normalized spacial score (nSPS) is 15.2. The van der Waals surface area contributed by atoms with E-state index in [0.29, 0.717) is 10.0 Å². The van der Waals surface area contributed by atoms with Crippen molar-refractivity contribution in [2.24, 2.45) is 0 Å². The maximum atomic E-state index is 6.50. The van der Waals surface area contributed by atoms with Crippen LogP contribution in [0.1, 0.15) is 22.9 Å². The molecule has 5 heteroatoms. The molecule has 1 aliphatic heterocycles. The molecule has 0 saturated carbocycles. The summed E-state index contributed by atoms with van der Waals surface area (Å²) in [6, 6.07) is 32.0. The van der Waals surface area contributed by atoms with E-state index >= 15 is 0 Å². The van der Waals surface area contributed by atoms with Gasteiger partial charge in [-0.05, 0) is 35.4 Å². The van der Waals surface area contributed by atoms with E-state index in [9.17, 15) is 0 Å². The average Bonchev–Trinajstić information content (AvgIpc) is 3.31. The molecule has 0 bridgehead atoms. The van der Waals surface area contributed by atoms with Gasteiger partial charge in [0.1, 0.15) is 0 Å². The Morgan fingerprint density at radius 3 is 1.94 bits per heavy atom. The van der Waals surface area contributed by atoms with E-state index in [4.69, 9.17) is 23.2 Å². The number of halogens is 2. The van der Waals surface area contributed by atoms with Crippen molar-refractivity contribution < 1.29 is 0 Å². The standard InChI is InChI=1S/C28H27Cl2N3/c29-25-14-7-15-26(27(25)30)33-16-8-13-24(33)21-31-17-19-32(20-18-31)28(22-9-3-1-4-10-22)23-11-5-2-6-12-23/h1-16,28H,17-21H2. The molecule has 1 saturated heterocycles. The lowest BCUT2D eigenvalue weighted by Gasteiger charge is -2.40. The van der Waals surface area contributed by atoms with Gasteiger partial charge in [0.15, 0.2) is 0 Å². The molecule has 0 aliphatic carbocycles. The van der Waals surface area contributed by atoms with Crippen molar-refractivity contribution in [3.63, 3.8) is 0 Å². The zero-order valence-electron chi connectivity index (χ0n) is 18.4. The highest BCUT2D eigenvalue weighted by atomic mass is 35.5. The van der Waals surface area contributed by atoms with Crippen LogP contribution >= 0.6 is 23.2 Å². The molecule has 0 unspecified atom stereocenters. The van der Waals surface area contributed by atoms with E-state index in [1.165, 1.54) is 16.8 Å². The lowest BCUT2D eigenvalue weighted by atomic mass is 9.96. The Labute approximate surface area is 205 Å². The zero-order valence-corrected chi connectivity index (χ0v) is 20.0. The van der Waals surface area contributed by atoms with Crippen molar-refractivity contribution in [2.45, 2.75) is 12.6 Å². The number of hydrogen-bond donors (Lipinski definition) is 0. The molecule has 168 valence electrons. The Hall–Kier alpha value is -2.56. The molecule has 3 nitrogen and oxygen atoms in total. The summed E-state index contributed by atoms with van der Waals surface area (Å²) in [6.07, 6.45) is 2.06. The molecule has 1 fully saturated rings. The van der Waals surface area contributed by atoms with E-state index in [1.54, 1.807) is 0 Å². The molecule has 4 aromatic rings. The maximum Gasteiger partial charge on any atom is 0.0832 e. The zero-order chi connectivity index (χ0) is 22.6. The minimum Gasteiger partial charge on any atom is -0.318 e. The first-order chi connectivity index (χ1) is 16.2. The van der Waals surface area contributed by atoms with E-state index in [2.05, 4.69) is 93.4 Å². The van der Waals surface area contributed by atoms with Crippen LogP contribution in [0.4, 0.5) is 0 Å². The predicted octanol–water partition coefficient (Wildman–Crippen LogP) is 6.69. The van der Waals surface area contributed by atoms with Gasteiger partial charge in [-0.3, -0.25) is 9.80 Å². The number of nitrogens with zero attached hydrogens (tertiary/aromatic N) is 3. The van der Waals surface area contributed by atoms with Crippen LogP contribution in [0.2, 0.25) is 10.0 Å². The molecule has 3 aromatic carbocycles. The van der Waals surface area contributed by atoms with Gasteiger partial charge in [-0.1, -0.05) is 89.9 Å². The van der Waals surface area contributed by atoms with Gasteiger partial charge in [0.2, 0.25) is 0 Å². The number of aromatic nitrogens is 1. The highest BCUT2D eigenvalue weighted by Gasteiger charge is 2.26. The van der Waals surface area contributed by atoms with Crippen LogP contribution in [0.5, 0.6) is 0 Å². The fraction of sp³-hybridized carbons (Fsp3) is 0.214. The second-order valence-corrected chi connectivity index (χ2v) is 9.26. The number of benzene rings is 3. The molecule has 0 amide bonds. The van der Waals surface area contributed by atoms with Crippen LogP contribution < -0.4 is 0 Å². The lowest BCUT2D eigenvalue weighted by Crippen LogP contribution is -2.47. The Balaban J connectivity index is 1.31. The quantitative estimate of drug-likeness (QED) is 0.307. The van der Waals surface area contributed by atoms with Crippen molar-refractivity contribution in [1.82, 2.24) is 14.4 Å². The van der Waals surface area contributed by atoms with Crippen LogP contribution in [0, 0.1) is 0 Å². The summed E-state index contributed by atoms with van der Waals surface area (Å²) >= 11 is 12.8. The number of rotatable bonds is 6. The first kappa shape index (κ1) is 22.2. The minimum absolute atomic E-state index is 0.281. The van der Waals surface area contributed by atoms with Crippen LogP contribution in [-0.4, -0.2) is 40.5 Å². The summed E-state index contributed by atoms with van der Waals surface area (Å²) in [5, 5.41) is 1.17. The maximum absolute atomic E-state index is 6.50. The van der Waals surface area contributed by atoms with Crippen molar-refractivity contribution in [3.05, 3.63) is 124 Å². The summed E-state index contributed by atoms with van der Waals surface area (Å²) in [7, 11) is 0. The highest BCUT2D eigenvalue weighted by molar-refractivity contribution is 6.43. The van der Waals surface area contributed by atoms with E-state index in [-0.39, 0.29) is 6.04 Å². The SMILES string of the molecule is Clc1cccc(-n2cccc2CN2CCN(C(c3ccccc3)c3ccccc3)CC2)c1Cl. The third-order valence-electron chi connectivity index (χ3n) is 6.41. The summed E-state index contributed by atoms with van der Waals surface area (Å²) in [4.78, 5) is 5.13. The topological polar surface area (TPSA) is 11.4 Å². The predicted molar refractivity (Wildman–Crippen MR) is 137 cm³/mol. The molecular formula is C28H27Cl2N3. The van der Waals surface area contributed by atoms with Crippen LogP contribution in [0.3, 0.4) is 0 Å². The molecule has 0 spiro atoms. The summed E-state index contributed by atoms with van der Waals surface area (Å²) in [5.74, 6) is 0. The number of hydrogen-bond acceptors (Lipinski definition) is 2. The van der Waals surface area contributed by atoms with Gasteiger partial charge < -0.3 is 4.57 Å². The molecule has 2 heterocycles. The second-order valence-electron chi connectivity index (χ2n) is 8.48. The summed E-state index contributed by atoms with van der Waals surface area (Å²) in [5.41, 5.74) is 4.84. The van der Waals surface area contributed by atoms with Crippen molar-refractivity contribution in [2.75, 3.05) is 26.2 Å². The first-order valence-electron chi connectivity index (χ1n) is 11.4. The first-order valence-corrected chi connectivity index (χ1v) is 12.1. The third kappa shape index (κ3) is 4.87. The van der Waals surface area contributed by atoms with E-state index in [0.717, 1.165) is 38.4 Å². The molecule has 1 aromatic heterocycles. The third-order valence-corrected chi connectivity index (χ3v) is 7.22. The van der Waals surface area contributed by atoms with Crippen LogP contribution in [0.15, 0.2) is 97.2 Å². The average molecular weight is 476 g/mol.